The molecule has 0 aliphatic carbocycles. The van der Waals surface area contributed by atoms with Gasteiger partial charge in [-0.1, -0.05) is 6.07 Å². The van der Waals surface area contributed by atoms with Gasteiger partial charge < -0.3 is 20.7 Å². The molecule has 0 spiro atoms. The molecule has 2 atom stereocenters. The minimum atomic E-state index is -0.157. The van der Waals surface area contributed by atoms with E-state index in [1.165, 1.54) is 0 Å². The van der Waals surface area contributed by atoms with Crippen molar-refractivity contribution < 1.29 is 9.53 Å². The lowest BCUT2D eigenvalue weighted by Crippen LogP contribution is -2.46. The second-order valence-electron chi connectivity index (χ2n) is 4.88. The van der Waals surface area contributed by atoms with Gasteiger partial charge in [0.25, 0.3) is 0 Å². The number of aromatic nitrogens is 1. The predicted molar refractivity (Wildman–Crippen MR) is 77.7 cm³/mol. The van der Waals surface area contributed by atoms with Crippen LogP contribution in [0.15, 0.2) is 24.4 Å². The summed E-state index contributed by atoms with van der Waals surface area (Å²) >= 11 is 0. The number of hydrogen-bond acceptors (Lipinski definition) is 4. The summed E-state index contributed by atoms with van der Waals surface area (Å²) in [7, 11) is 0. The molecule has 20 heavy (non-hydrogen) atoms. The van der Waals surface area contributed by atoms with Crippen LogP contribution in [-0.4, -0.2) is 42.9 Å². The molecule has 0 bridgehead atoms. The topological polar surface area (TPSA) is 75.3 Å². The molecular weight excluding hydrogens is 256 g/mol. The van der Waals surface area contributed by atoms with Gasteiger partial charge in [-0.05, 0) is 31.9 Å². The fourth-order valence-corrected chi connectivity index (χ4v) is 2.18. The Hall–Kier alpha value is -1.82. The summed E-state index contributed by atoms with van der Waals surface area (Å²) < 4.78 is 5.54. The van der Waals surface area contributed by atoms with Crippen molar-refractivity contribution in [3.8, 4) is 0 Å². The van der Waals surface area contributed by atoms with E-state index in [4.69, 9.17) is 4.74 Å². The molecule has 1 aliphatic rings. The average molecular weight is 278 g/mol. The van der Waals surface area contributed by atoms with Gasteiger partial charge in [0.15, 0.2) is 0 Å². The number of pyridine rings is 1. The van der Waals surface area contributed by atoms with Crippen molar-refractivity contribution in [3.05, 3.63) is 24.4 Å². The van der Waals surface area contributed by atoms with Crippen LogP contribution in [-0.2, 0) is 4.74 Å². The van der Waals surface area contributed by atoms with Gasteiger partial charge in [0.05, 0.1) is 12.1 Å². The summed E-state index contributed by atoms with van der Waals surface area (Å²) in [5.41, 5.74) is 0. The maximum atomic E-state index is 11.7. The zero-order valence-electron chi connectivity index (χ0n) is 11.8. The summed E-state index contributed by atoms with van der Waals surface area (Å²) in [4.78, 5) is 15.8. The monoisotopic (exact) mass is 278 g/mol. The van der Waals surface area contributed by atoms with Gasteiger partial charge in [0.2, 0.25) is 0 Å². The van der Waals surface area contributed by atoms with Crippen LogP contribution >= 0.6 is 0 Å². The summed E-state index contributed by atoms with van der Waals surface area (Å²) in [5.74, 6) is 0.808. The lowest BCUT2D eigenvalue weighted by atomic mass is 10.1. The van der Waals surface area contributed by atoms with Gasteiger partial charge in [0.1, 0.15) is 5.82 Å². The van der Waals surface area contributed by atoms with Crippen molar-refractivity contribution >= 4 is 11.8 Å². The van der Waals surface area contributed by atoms with Gasteiger partial charge in [-0.3, -0.25) is 0 Å². The molecule has 0 saturated carbocycles. The molecule has 1 aromatic heterocycles. The molecule has 2 rings (SSSR count). The van der Waals surface area contributed by atoms with Crippen LogP contribution in [0.1, 0.15) is 19.8 Å². The number of carbonyl (C=O) groups is 1. The molecule has 1 aromatic rings. The number of hydrogen-bond donors (Lipinski definition) is 3. The Morgan fingerprint density at radius 1 is 1.50 bits per heavy atom. The molecule has 2 amide bonds. The highest BCUT2D eigenvalue weighted by Crippen LogP contribution is 2.15. The average Bonchev–Trinajstić information content (AvgIpc) is 2.99. The molecule has 6 heteroatoms. The molecule has 1 aliphatic heterocycles. The fourth-order valence-electron chi connectivity index (χ4n) is 2.18. The third-order valence-electron chi connectivity index (χ3n) is 3.26. The summed E-state index contributed by atoms with van der Waals surface area (Å²) in [6.45, 7) is 3.95. The van der Waals surface area contributed by atoms with E-state index in [1.807, 2.05) is 25.1 Å². The third-order valence-corrected chi connectivity index (χ3v) is 3.26. The van der Waals surface area contributed by atoms with Gasteiger partial charge in [-0.25, -0.2) is 9.78 Å². The number of ether oxygens (including phenoxy) is 1. The van der Waals surface area contributed by atoms with Crippen LogP contribution < -0.4 is 16.0 Å². The smallest absolute Gasteiger partial charge is 0.315 e. The molecule has 0 radical (unpaired) electrons. The van der Waals surface area contributed by atoms with Gasteiger partial charge in [0, 0.05) is 25.9 Å². The number of nitrogens with zero attached hydrogens (tertiary/aromatic N) is 1. The van der Waals surface area contributed by atoms with Crippen LogP contribution in [0.5, 0.6) is 0 Å². The Labute approximate surface area is 119 Å². The normalized spacial score (nSPS) is 19.4. The Morgan fingerprint density at radius 2 is 2.40 bits per heavy atom. The second kappa shape index (κ2) is 7.69. The second-order valence-corrected chi connectivity index (χ2v) is 4.88. The molecular formula is C14H22N4O2. The number of amides is 2. The lowest BCUT2D eigenvalue weighted by Gasteiger charge is -2.20. The van der Waals surface area contributed by atoms with Crippen molar-refractivity contribution in [2.45, 2.75) is 31.9 Å². The molecule has 2 heterocycles. The molecule has 6 nitrogen and oxygen atoms in total. The Morgan fingerprint density at radius 3 is 3.10 bits per heavy atom. The first-order valence-electron chi connectivity index (χ1n) is 7.06. The minimum absolute atomic E-state index is 0.0428. The quantitative estimate of drug-likeness (QED) is 0.687. The summed E-state index contributed by atoms with van der Waals surface area (Å²) in [6.07, 6.45) is 3.97. The van der Waals surface area contributed by atoms with E-state index < -0.39 is 0 Å². The first-order valence-corrected chi connectivity index (χ1v) is 7.06. The van der Waals surface area contributed by atoms with Crippen LogP contribution in [0.25, 0.3) is 0 Å². The highest BCUT2D eigenvalue weighted by molar-refractivity contribution is 5.74. The first kappa shape index (κ1) is 14.6. The zero-order chi connectivity index (χ0) is 14.2. The van der Waals surface area contributed by atoms with Gasteiger partial charge in [-0.15, -0.1) is 0 Å². The number of carbonyl (C=O) groups excluding carboxylic acids is 1. The summed E-state index contributed by atoms with van der Waals surface area (Å²) in [5, 5.41) is 8.84. The molecule has 1 fully saturated rings. The Kier molecular flexibility index (Phi) is 5.61. The Balaban J connectivity index is 1.58. The van der Waals surface area contributed by atoms with E-state index in [0.717, 1.165) is 25.3 Å². The van der Waals surface area contributed by atoms with E-state index in [-0.39, 0.29) is 18.2 Å². The third kappa shape index (κ3) is 4.70. The SMILES string of the molecule is C[C@@H](NC(=O)NCCNc1ccccn1)[C@@H]1CCCO1. The van der Waals surface area contributed by atoms with Crippen molar-refractivity contribution in [2.75, 3.05) is 25.0 Å². The van der Waals surface area contributed by atoms with Crippen molar-refractivity contribution in [3.63, 3.8) is 0 Å². The fraction of sp³-hybridized carbons (Fsp3) is 0.571. The highest BCUT2D eigenvalue weighted by atomic mass is 16.5. The number of nitrogens with one attached hydrogen (secondary N) is 3. The van der Waals surface area contributed by atoms with Gasteiger partial charge in [-0.2, -0.15) is 0 Å². The van der Waals surface area contributed by atoms with Crippen molar-refractivity contribution in [1.29, 1.82) is 0 Å². The van der Waals surface area contributed by atoms with Crippen LogP contribution in [0, 0.1) is 0 Å². The number of rotatable bonds is 6. The highest BCUT2D eigenvalue weighted by Gasteiger charge is 2.23. The molecule has 110 valence electrons. The van der Waals surface area contributed by atoms with Crippen molar-refractivity contribution in [1.82, 2.24) is 15.6 Å². The largest absolute Gasteiger partial charge is 0.376 e. The van der Waals surface area contributed by atoms with E-state index in [1.54, 1.807) is 6.20 Å². The van der Waals surface area contributed by atoms with E-state index in [0.29, 0.717) is 13.1 Å². The number of anilines is 1. The maximum Gasteiger partial charge on any atom is 0.315 e. The predicted octanol–water partition coefficient (Wildman–Crippen LogP) is 1.36. The Bertz CT molecular complexity index is 407. The van der Waals surface area contributed by atoms with Gasteiger partial charge >= 0.3 is 6.03 Å². The van der Waals surface area contributed by atoms with Crippen LogP contribution in [0.4, 0.5) is 10.6 Å². The van der Waals surface area contributed by atoms with E-state index in [2.05, 4.69) is 20.9 Å². The minimum Gasteiger partial charge on any atom is -0.376 e. The first-order chi connectivity index (χ1) is 9.75. The van der Waals surface area contributed by atoms with E-state index >= 15 is 0 Å². The van der Waals surface area contributed by atoms with E-state index in [9.17, 15) is 4.79 Å². The molecule has 3 N–H and O–H groups in total. The molecule has 0 aromatic carbocycles. The summed E-state index contributed by atoms with van der Waals surface area (Å²) in [6, 6.07) is 5.55. The lowest BCUT2D eigenvalue weighted by molar-refractivity contribution is 0.0860. The zero-order valence-corrected chi connectivity index (χ0v) is 11.8. The number of urea groups is 1. The molecule has 1 saturated heterocycles. The molecule has 0 unspecified atom stereocenters. The van der Waals surface area contributed by atoms with Crippen molar-refractivity contribution in [2.24, 2.45) is 0 Å². The maximum absolute atomic E-state index is 11.7. The van der Waals surface area contributed by atoms with Crippen LogP contribution in [0.2, 0.25) is 0 Å². The standard InChI is InChI=1S/C14H22N4O2/c1-11(12-5-4-10-20-12)18-14(19)17-9-8-16-13-6-2-3-7-15-13/h2-3,6-7,11-12H,4-5,8-10H2,1H3,(H,15,16)(H2,17,18,19)/t11-,12+/m1/s1. The van der Waals surface area contributed by atoms with Crippen LogP contribution in [0.3, 0.4) is 0 Å².